The second-order valence-electron chi connectivity index (χ2n) is 9.14. The van der Waals surface area contributed by atoms with Gasteiger partial charge in [0, 0.05) is 16.5 Å². The van der Waals surface area contributed by atoms with Gasteiger partial charge in [-0.2, -0.15) is 0 Å². The summed E-state index contributed by atoms with van der Waals surface area (Å²) >= 11 is 3.43. The molecule has 7 heteroatoms. The topological polar surface area (TPSA) is 70.4 Å². The Morgan fingerprint density at radius 1 is 0.875 bits per heavy atom. The average molecular weight is 595 g/mol. The summed E-state index contributed by atoms with van der Waals surface area (Å²) in [6, 6.07) is 29.7. The lowest BCUT2D eigenvalue weighted by Crippen LogP contribution is -2.22. The fourth-order valence-electron chi connectivity index (χ4n) is 4.25. The highest BCUT2D eigenvalue weighted by Crippen LogP contribution is 2.20. The molecule has 0 spiro atoms. The van der Waals surface area contributed by atoms with Gasteiger partial charge >= 0.3 is 0 Å². The van der Waals surface area contributed by atoms with Gasteiger partial charge in [-0.05, 0) is 85.3 Å². The number of allylic oxidation sites excluding steroid dienone is 1. The van der Waals surface area contributed by atoms with Gasteiger partial charge < -0.3 is 9.47 Å². The molecule has 200 valence electrons. The van der Waals surface area contributed by atoms with Crippen molar-refractivity contribution < 1.29 is 14.3 Å². The van der Waals surface area contributed by atoms with Crippen LogP contribution in [0.3, 0.4) is 0 Å². The van der Waals surface area contributed by atoms with E-state index in [4.69, 9.17) is 9.47 Å². The van der Waals surface area contributed by atoms with Crippen LogP contribution in [0.2, 0.25) is 0 Å². The predicted molar refractivity (Wildman–Crippen MR) is 162 cm³/mol. The molecule has 0 aliphatic rings. The van der Waals surface area contributed by atoms with Gasteiger partial charge in [-0.15, -0.1) is 0 Å². The molecule has 1 heterocycles. The number of carbonyl (C=O) groups excluding carboxylic acids is 1. The number of nitrogens with zero attached hydrogens (tertiary/aromatic N) is 2. The normalized spacial score (nSPS) is 11.2. The largest absolute Gasteiger partial charge is 0.493 e. The van der Waals surface area contributed by atoms with Gasteiger partial charge in [-0.1, -0.05) is 52.3 Å². The standard InChI is InChI=1S/C33H27BrN2O4/c1-23-35-31-18-11-26(34)22-30(31)33(38)36(23)27-12-16-29(17-13-27)40-21-5-20-39-28-14-9-25(10-15-28)32(37)19-8-24-6-3-2-4-7-24/h2-4,6-19,22H,5,20-21H2,1H3. The first kappa shape index (κ1) is 27.1. The van der Waals surface area contributed by atoms with E-state index in [1.165, 1.54) is 0 Å². The molecule has 0 saturated heterocycles. The van der Waals surface area contributed by atoms with Crippen LogP contribution in [-0.2, 0) is 0 Å². The Morgan fingerprint density at radius 2 is 1.52 bits per heavy atom. The molecule has 0 N–H and O–H groups in total. The Bertz CT molecular complexity index is 1710. The smallest absolute Gasteiger partial charge is 0.265 e. The lowest BCUT2D eigenvalue weighted by atomic mass is 10.1. The minimum Gasteiger partial charge on any atom is -0.493 e. The molecule has 4 aromatic carbocycles. The minimum atomic E-state index is -0.115. The second kappa shape index (κ2) is 12.6. The molecule has 0 radical (unpaired) electrons. The third kappa shape index (κ3) is 6.55. The molecule has 0 atom stereocenters. The maximum atomic E-state index is 13.1. The molecular formula is C33H27BrN2O4. The Balaban J connectivity index is 1.10. The molecule has 6 nitrogen and oxygen atoms in total. The zero-order chi connectivity index (χ0) is 27.9. The summed E-state index contributed by atoms with van der Waals surface area (Å²) in [4.78, 5) is 30.1. The van der Waals surface area contributed by atoms with Crippen molar-refractivity contribution in [1.29, 1.82) is 0 Å². The lowest BCUT2D eigenvalue weighted by molar-refractivity contribution is 0.104. The Morgan fingerprint density at radius 3 is 2.20 bits per heavy atom. The van der Waals surface area contributed by atoms with Crippen LogP contribution in [0.15, 0.2) is 112 Å². The molecule has 5 aromatic rings. The number of fused-ring (bicyclic) bond motifs is 1. The SMILES string of the molecule is Cc1nc2ccc(Br)cc2c(=O)n1-c1ccc(OCCCOc2ccc(C(=O)C=Cc3ccccc3)cc2)cc1. The van der Waals surface area contributed by atoms with Crippen LogP contribution < -0.4 is 15.0 Å². The van der Waals surface area contributed by atoms with Crippen LogP contribution in [0.25, 0.3) is 22.7 Å². The van der Waals surface area contributed by atoms with Crippen LogP contribution in [0.1, 0.15) is 28.2 Å². The number of carbonyl (C=O) groups is 1. The summed E-state index contributed by atoms with van der Waals surface area (Å²) < 4.78 is 14.1. The van der Waals surface area contributed by atoms with Crippen molar-refractivity contribution in [3.05, 3.63) is 135 Å². The van der Waals surface area contributed by atoms with Crippen LogP contribution in [0.4, 0.5) is 0 Å². The Labute approximate surface area is 240 Å². The molecule has 0 unspecified atom stereocenters. The van der Waals surface area contributed by atoms with Gasteiger partial charge in [0.25, 0.3) is 5.56 Å². The van der Waals surface area contributed by atoms with Crippen molar-refractivity contribution >= 4 is 38.7 Å². The van der Waals surface area contributed by atoms with Crippen LogP contribution in [0.5, 0.6) is 11.5 Å². The van der Waals surface area contributed by atoms with Gasteiger partial charge in [0.05, 0.1) is 29.8 Å². The van der Waals surface area contributed by atoms with Gasteiger partial charge in [0.2, 0.25) is 0 Å². The van der Waals surface area contributed by atoms with Crippen molar-refractivity contribution in [2.45, 2.75) is 13.3 Å². The van der Waals surface area contributed by atoms with E-state index in [2.05, 4.69) is 20.9 Å². The van der Waals surface area contributed by atoms with Crippen molar-refractivity contribution in [3.8, 4) is 17.2 Å². The number of benzene rings is 4. The third-order valence-corrected chi connectivity index (χ3v) is 6.78. The molecule has 40 heavy (non-hydrogen) atoms. The molecule has 0 aliphatic heterocycles. The summed E-state index contributed by atoms with van der Waals surface area (Å²) in [5, 5.41) is 0.557. The van der Waals surface area contributed by atoms with Gasteiger partial charge in [0.15, 0.2) is 5.78 Å². The summed E-state index contributed by atoms with van der Waals surface area (Å²) in [5.74, 6) is 1.97. The molecule has 1 aromatic heterocycles. The number of ketones is 1. The molecular weight excluding hydrogens is 568 g/mol. The highest BCUT2D eigenvalue weighted by molar-refractivity contribution is 9.10. The zero-order valence-corrected chi connectivity index (χ0v) is 23.5. The first-order valence-corrected chi connectivity index (χ1v) is 13.7. The molecule has 0 fully saturated rings. The third-order valence-electron chi connectivity index (χ3n) is 6.28. The highest BCUT2D eigenvalue weighted by atomic mass is 79.9. The van der Waals surface area contributed by atoms with E-state index in [-0.39, 0.29) is 11.3 Å². The summed E-state index contributed by atoms with van der Waals surface area (Å²) in [6.45, 7) is 2.78. The van der Waals surface area contributed by atoms with Crippen molar-refractivity contribution in [2.75, 3.05) is 13.2 Å². The maximum absolute atomic E-state index is 13.1. The number of halogens is 1. The number of ether oxygens (including phenoxy) is 2. The molecule has 0 saturated carbocycles. The fourth-order valence-corrected chi connectivity index (χ4v) is 4.61. The first-order chi connectivity index (χ1) is 19.5. The minimum absolute atomic E-state index is 0.0557. The number of rotatable bonds is 10. The van der Waals surface area contributed by atoms with Gasteiger partial charge in [0.1, 0.15) is 17.3 Å². The van der Waals surface area contributed by atoms with Gasteiger partial charge in [-0.3, -0.25) is 14.2 Å². The van der Waals surface area contributed by atoms with Crippen molar-refractivity contribution in [1.82, 2.24) is 9.55 Å². The number of aryl methyl sites for hydroxylation is 1. The van der Waals surface area contributed by atoms with Crippen LogP contribution >= 0.6 is 15.9 Å². The Kier molecular flexibility index (Phi) is 8.52. The first-order valence-electron chi connectivity index (χ1n) is 12.9. The average Bonchev–Trinajstić information content (AvgIpc) is 2.98. The monoisotopic (exact) mass is 594 g/mol. The molecule has 0 amide bonds. The summed E-state index contributed by atoms with van der Waals surface area (Å²) in [6.07, 6.45) is 4.07. The maximum Gasteiger partial charge on any atom is 0.265 e. The Hall–Kier alpha value is -4.49. The zero-order valence-electron chi connectivity index (χ0n) is 21.9. The van der Waals surface area contributed by atoms with E-state index in [0.29, 0.717) is 53.4 Å². The van der Waals surface area contributed by atoms with E-state index in [1.807, 2.05) is 73.7 Å². The van der Waals surface area contributed by atoms with Crippen molar-refractivity contribution in [2.24, 2.45) is 0 Å². The van der Waals surface area contributed by atoms with Crippen LogP contribution in [0, 0.1) is 6.92 Å². The van der Waals surface area contributed by atoms with Crippen molar-refractivity contribution in [3.63, 3.8) is 0 Å². The van der Waals surface area contributed by atoms with E-state index in [1.54, 1.807) is 47.1 Å². The highest BCUT2D eigenvalue weighted by Gasteiger charge is 2.11. The van der Waals surface area contributed by atoms with Crippen LogP contribution in [-0.4, -0.2) is 28.5 Å². The fraction of sp³-hybridized carbons (Fsp3) is 0.121. The molecule has 0 aliphatic carbocycles. The second-order valence-corrected chi connectivity index (χ2v) is 10.1. The van der Waals surface area contributed by atoms with E-state index in [0.717, 1.165) is 15.7 Å². The summed E-state index contributed by atoms with van der Waals surface area (Å²) in [7, 11) is 0. The van der Waals surface area contributed by atoms with E-state index < -0.39 is 0 Å². The molecule has 5 rings (SSSR count). The quantitative estimate of drug-likeness (QED) is 0.0971. The van der Waals surface area contributed by atoms with E-state index >= 15 is 0 Å². The predicted octanol–water partition coefficient (Wildman–Crippen LogP) is 7.20. The van der Waals surface area contributed by atoms with Gasteiger partial charge in [-0.25, -0.2) is 4.98 Å². The molecule has 0 bridgehead atoms. The lowest BCUT2D eigenvalue weighted by Gasteiger charge is -2.12. The number of hydrogen-bond acceptors (Lipinski definition) is 5. The number of hydrogen-bond donors (Lipinski definition) is 0. The number of aromatic nitrogens is 2. The summed E-state index contributed by atoms with van der Waals surface area (Å²) in [5.41, 5.74) is 2.87. The van der Waals surface area contributed by atoms with E-state index in [9.17, 15) is 9.59 Å².